The number of amides is 1. The zero-order valence-electron chi connectivity index (χ0n) is 16.4. The van der Waals surface area contributed by atoms with E-state index in [1.165, 1.54) is 24.0 Å². The van der Waals surface area contributed by atoms with Gasteiger partial charge in [0.15, 0.2) is 11.5 Å². The number of aromatic nitrogens is 3. The van der Waals surface area contributed by atoms with Crippen molar-refractivity contribution in [2.45, 2.75) is 19.4 Å². The number of anilines is 1. The van der Waals surface area contributed by atoms with Crippen molar-refractivity contribution in [2.24, 2.45) is 0 Å². The molecule has 30 heavy (non-hydrogen) atoms. The average Bonchev–Trinajstić information content (AvgIpc) is 3.49. The van der Waals surface area contributed by atoms with Gasteiger partial charge in [0.05, 0.1) is 5.52 Å². The number of nitrogens with zero attached hydrogens (tertiary/aromatic N) is 4. The fourth-order valence-corrected chi connectivity index (χ4v) is 3.87. The van der Waals surface area contributed by atoms with Gasteiger partial charge in [-0.1, -0.05) is 0 Å². The first-order valence-corrected chi connectivity index (χ1v) is 9.78. The second kappa shape index (κ2) is 7.29. The zero-order valence-corrected chi connectivity index (χ0v) is 16.4. The summed E-state index contributed by atoms with van der Waals surface area (Å²) < 4.78 is 20.5. The molecule has 152 valence electrons. The average molecular weight is 405 g/mol. The lowest BCUT2D eigenvalue weighted by molar-refractivity contribution is 0.0935. The Labute approximate surface area is 172 Å². The number of fused-ring (bicyclic) bond motifs is 1. The number of nitrogens with one attached hydrogen (secondary N) is 1. The van der Waals surface area contributed by atoms with Crippen molar-refractivity contribution in [1.29, 1.82) is 0 Å². The molecule has 8 heteroatoms. The van der Waals surface area contributed by atoms with Gasteiger partial charge in [-0.25, -0.2) is 14.4 Å². The van der Waals surface area contributed by atoms with Gasteiger partial charge in [-0.15, -0.1) is 0 Å². The van der Waals surface area contributed by atoms with Gasteiger partial charge in [0.2, 0.25) is 5.89 Å². The maximum atomic E-state index is 13.1. The summed E-state index contributed by atoms with van der Waals surface area (Å²) in [4.78, 5) is 23.6. The van der Waals surface area contributed by atoms with Crippen molar-refractivity contribution < 1.29 is 13.6 Å². The molecule has 4 aromatic rings. The molecule has 0 radical (unpaired) electrons. The molecule has 3 aromatic heterocycles. The highest BCUT2D eigenvalue weighted by atomic mass is 19.1. The van der Waals surface area contributed by atoms with Gasteiger partial charge < -0.3 is 19.0 Å². The summed E-state index contributed by atoms with van der Waals surface area (Å²) in [6.07, 6.45) is 7.89. The van der Waals surface area contributed by atoms with Crippen LogP contribution in [0.4, 0.5) is 10.2 Å². The topological polar surface area (TPSA) is 75.7 Å². The van der Waals surface area contributed by atoms with Gasteiger partial charge in [-0.05, 0) is 49.2 Å². The molecule has 1 N–H and O–H groups in total. The fourth-order valence-electron chi connectivity index (χ4n) is 3.87. The van der Waals surface area contributed by atoms with Crippen molar-refractivity contribution in [3.63, 3.8) is 0 Å². The summed E-state index contributed by atoms with van der Waals surface area (Å²) in [5.74, 6) is 0.586. The zero-order chi connectivity index (χ0) is 20.7. The van der Waals surface area contributed by atoms with E-state index < -0.39 is 0 Å². The molecule has 1 amide bonds. The van der Waals surface area contributed by atoms with E-state index in [2.05, 4.69) is 37.6 Å². The van der Waals surface area contributed by atoms with Crippen LogP contribution in [0.3, 0.4) is 0 Å². The first-order chi connectivity index (χ1) is 14.6. The molecule has 0 bridgehead atoms. The van der Waals surface area contributed by atoms with Crippen molar-refractivity contribution in [2.75, 3.05) is 18.0 Å². The van der Waals surface area contributed by atoms with Crippen LogP contribution in [-0.2, 0) is 0 Å². The second-order valence-corrected chi connectivity index (χ2v) is 7.46. The highest BCUT2D eigenvalue weighted by molar-refractivity contribution is 5.92. The molecule has 1 aromatic carbocycles. The molecule has 1 saturated heterocycles. The van der Waals surface area contributed by atoms with Gasteiger partial charge in [0, 0.05) is 43.3 Å². The van der Waals surface area contributed by atoms with Crippen LogP contribution in [0.15, 0.2) is 59.6 Å². The van der Waals surface area contributed by atoms with Crippen LogP contribution in [0.5, 0.6) is 0 Å². The van der Waals surface area contributed by atoms with Crippen molar-refractivity contribution in [1.82, 2.24) is 19.7 Å². The first-order valence-electron chi connectivity index (χ1n) is 9.78. The maximum Gasteiger partial charge on any atom is 0.273 e. The normalized spacial score (nSPS) is 16.3. The molecule has 0 aliphatic carbocycles. The quantitative estimate of drug-likeness (QED) is 0.563. The maximum absolute atomic E-state index is 13.1. The summed E-state index contributed by atoms with van der Waals surface area (Å²) in [5.41, 5.74) is 3.08. The molecule has 1 fully saturated rings. The van der Waals surface area contributed by atoms with Gasteiger partial charge in [0.1, 0.15) is 12.1 Å². The number of benzene rings is 1. The first kappa shape index (κ1) is 18.4. The Morgan fingerprint density at radius 3 is 2.90 bits per heavy atom. The molecule has 5 rings (SSSR count). The third-order valence-corrected chi connectivity index (χ3v) is 5.40. The highest BCUT2D eigenvalue weighted by Crippen LogP contribution is 2.26. The van der Waals surface area contributed by atoms with Crippen LogP contribution < -0.4 is 10.2 Å². The van der Waals surface area contributed by atoms with E-state index in [1.807, 2.05) is 12.4 Å². The van der Waals surface area contributed by atoms with E-state index in [0.717, 1.165) is 24.3 Å². The van der Waals surface area contributed by atoms with Crippen LogP contribution in [0.2, 0.25) is 0 Å². The smallest absolute Gasteiger partial charge is 0.273 e. The minimum Gasteiger partial charge on any atom is -0.444 e. The molecule has 1 aliphatic heterocycles. The van der Waals surface area contributed by atoms with Crippen LogP contribution in [0, 0.1) is 12.7 Å². The van der Waals surface area contributed by atoms with E-state index in [4.69, 9.17) is 4.42 Å². The predicted molar refractivity (Wildman–Crippen MR) is 110 cm³/mol. The molecule has 0 saturated carbocycles. The molecule has 4 heterocycles. The lowest BCUT2D eigenvalue weighted by atomic mass is 10.2. The lowest BCUT2D eigenvalue weighted by Crippen LogP contribution is -2.37. The number of halogens is 1. The Balaban J connectivity index is 1.27. The molecule has 0 unspecified atom stereocenters. The Morgan fingerprint density at radius 2 is 2.07 bits per heavy atom. The SMILES string of the molecule is Cc1ccn2ccnc(N3CC[C@H](NC(=O)c4coc(-c5ccc(F)cc5)n4)C3)c12. The van der Waals surface area contributed by atoms with E-state index in [-0.39, 0.29) is 29.4 Å². The molecule has 7 nitrogen and oxygen atoms in total. The molecular weight excluding hydrogens is 385 g/mol. The van der Waals surface area contributed by atoms with Gasteiger partial charge in [0.25, 0.3) is 5.91 Å². The number of hydrogen-bond donors (Lipinski definition) is 1. The van der Waals surface area contributed by atoms with Crippen molar-refractivity contribution in [3.8, 4) is 11.5 Å². The molecule has 1 aliphatic rings. The van der Waals surface area contributed by atoms with E-state index in [0.29, 0.717) is 12.1 Å². The number of carbonyl (C=O) groups is 1. The Bertz CT molecular complexity index is 1210. The number of oxazole rings is 1. The van der Waals surface area contributed by atoms with Crippen molar-refractivity contribution in [3.05, 3.63) is 72.3 Å². The summed E-state index contributed by atoms with van der Waals surface area (Å²) >= 11 is 0. The Hall–Kier alpha value is -3.68. The standard InChI is InChI=1S/C22H20FN5O2/c1-14-6-9-27-11-8-24-20(19(14)27)28-10-7-17(12-28)25-21(29)18-13-30-22(26-18)15-2-4-16(23)5-3-15/h2-6,8-9,11,13,17H,7,10,12H2,1H3,(H,25,29)/t17-/m0/s1. The summed E-state index contributed by atoms with van der Waals surface area (Å²) in [6, 6.07) is 7.84. The minimum atomic E-state index is -0.338. The summed E-state index contributed by atoms with van der Waals surface area (Å²) in [7, 11) is 0. The minimum absolute atomic E-state index is 0.0132. The molecule has 1 atom stereocenters. The van der Waals surface area contributed by atoms with Gasteiger partial charge in [-0.2, -0.15) is 0 Å². The highest BCUT2D eigenvalue weighted by Gasteiger charge is 2.27. The van der Waals surface area contributed by atoms with Gasteiger partial charge >= 0.3 is 0 Å². The summed E-state index contributed by atoms with van der Waals surface area (Å²) in [5, 5.41) is 3.03. The molecular formula is C22H20FN5O2. The predicted octanol–water partition coefficient (Wildman–Crippen LogP) is 3.45. The van der Waals surface area contributed by atoms with Gasteiger partial charge in [-0.3, -0.25) is 4.79 Å². The Kier molecular flexibility index (Phi) is 4.46. The van der Waals surface area contributed by atoms with E-state index >= 15 is 0 Å². The molecule has 0 spiro atoms. The number of carbonyl (C=O) groups excluding carboxylic acids is 1. The van der Waals surface area contributed by atoms with E-state index in [1.54, 1.807) is 18.3 Å². The second-order valence-electron chi connectivity index (χ2n) is 7.46. The monoisotopic (exact) mass is 405 g/mol. The Morgan fingerprint density at radius 1 is 1.23 bits per heavy atom. The lowest BCUT2D eigenvalue weighted by Gasteiger charge is -2.19. The van der Waals surface area contributed by atoms with E-state index in [9.17, 15) is 9.18 Å². The largest absolute Gasteiger partial charge is 0.444 e. The number of rotatable bonds is 4. The third kappa shape index (κ3) is 3.30. The van der Waals surface area contributed by atoms with Crippen LogP contribution in [-0.4, -0.2) is 39.4 Å². The van der Waals surface area contributed by atoms with Crippen LogP contribution >= 0.6 is 0 Å². The fraction of sp³-hybridized carbons (Fsp3) is 0.227. The van der Waals surface area contributed by atoms with Crippen LogP contribution in [0.25, 0.3) is 17.0 Å². The third-order valence-electron chi connectivity index (χ3n) is 5.40. The van der Waals surface area contributed by atoms with Crippen LogP contribution in [0.1, 0.15) is 22.5 Å². The number of hydrogen-bond acceptors (Lipinski definition) is 5. The van der Waals surface area contributed by atoms with Crippen molar-refractivity contribution >= 4 is 17.2 Å². The number of aryl methyl sites for hydroxylation is 1. The summed E-state index contributed by atoms with van der Waals surface area (Å²) in [6.45, 7) is 3.55.